The van der Waals surface area contributed by atoms with Crippen LogP contribution in [0.2, 0.25) is 0 Å². The molecule has 0 saturated carbocycles. The molecular weight excluding hydrogens is 286 g/mol. The van der Waals surface area contributed by atoms with Crippen molar-refractivity contribution in [2.75, 3.05) is 13.1 Å². The van der Waals surface area contributed by atoms with Crippen LogP contribution in [0.5, 0.6) is 0 Å². The number of hydrogen-bond acceptors (Lipinski definition) is 3. The topological polar surface area (TPSA) is 49.9 Å². The Bertz CT molecular complexity index is 776. The molecule has 2 unspecified atom stereocenters. The molecule has 5 heteroatoms. The van der Waals surface area contributed by atoms with Crippen LogP contribution in [0.3, 0.4) is 0 Å². The van der Waals surface area contributed by atoms with Crippen LogP contribution >= 0.6 is 0 Å². The lowest BCUT2D eigenvalue weighted by atomic mass is 9.93. The van der Waals surface area contributed by atoms with Crippen molar-refractivity contribution in [3.8, 4) is 0 Å². The van der Waals surface area contributed by atoms with Gasteiger partial charge in [-0.15, -0.1) is 0 Å². The molecule has 2 aliphatic heterocycles. The van der Waals surface area contributed by atoms with Crippen molar-refractivity contribution in [2.45, 2.75) is 30.4 Å². The van der Waals surface area contributed by atoms with E-state index in [-0.39, 0.29) is 11.7 Å². The molecule has 4 rings (SSSR count). The van der Waals surface area contributed by atoms with Crippen LogP contribution in [0.4, 0.5) is 0 Å². The van der Waals surface area contributed by atoms with Crippen LogP contribution < -0.4 is 0 Å². The van der Waals surface area contributed by atoms with Gasteiger partial charge in [-0.3, -0.25) is 0 Å². The number of epoxide rings is 1. The molecule has 3 aliphatic rings. The minimum atomic E-state index is -3.44. The predicted octanol–water partition coefficient (Wildman–Crippen LogP) is 2.02. The Morgan fingerprint density at radius 2 is 1.95 bits per heavy atom. The summed E-state index contributed by atoms with van der Waals surface area (Å²) >= 11 is 0. The Morgan fingerprint density at radius 1 is 1.24 bits per heavy atom. The maximum Gasteiger partial charge on any atom is 0.243 e. The number of sulfonamides is 1. The summed E-state index contributed by atoms with van der Waals surface area (Å²) in [7, 11) is -3.44. The van der Waals surface area contributed by atoms with E-state index in [1.54, 1.807) is 16.4 Å². The number of aryl methyl sites for hydroxylation is 1. The minimum absolute atomic E-state index is 0.0655. The summed E-state index contributed by atoms with van der Waals surface area (Å²) in [5.41, 5.74) is 3.06. The van der Waals surface area contributed by atoms with Crippen LogP contribution in [0, 0.1) is 6.92 Å². The highest BCUT2D eigenvalue weighted by Crippen LogP contribution is 2.48. The summed E-state index contributed by atoms with van der Waals surface area (Å²) in [6, 6.07) is 7.01. The van der Waals surface area contributed by atoms with Crippen molar-refractivity contribution >= 4 is 10.0 Å². The molecule has 0 N–H and O–H groups in total. The zero-order valence-electron chi connectivity index (χ0n) is 12.0. The molecule has 1 fully saturated rings. The van der Waals surface area contributed by atoms with Gasteiger partial charge in [0.25, 0.3) is 0 Å². The summed E-state index contributed by atoms with van der Waals surface area (Å²) in [4.78, 5) is 0.358. The van der Waals surface area contributed by atoms with Crippen LogP contribution in [0.25, 0.3) is 0 Å². The van der Waals surface area contributed by atoms with Gasteiger partial charge in [0.05, 0.1) is 4.90 Å². The third-order valence-electron chi connectivity index (χ3n) is 4.53. The number of rotatable bonds is 2. The molecule has 0 bridgehead atoms. The van der Waals surface area contributed by atoms with Gasteiger partial charge in [0, 0.05) is 13.1 Å². The molecule has 0 aromatic heterocycles. The lowest BCUT2D eigenvalue weighted by Gasteiger charge is -2.16. The minimum Gasteiger partial charge on any atom is -0.357 e. The van der Waals surface area contributed by atoms with E-state index in [1.165, 1.54) is 0 Å². The lowest BCUT2D eigenvalue weighted by molar-refractivity contribution is 0.351. The van der Waals surface area contributed by atoms with Crippen LogP contribution in [-0.2, 0) is 14.8 Å². The zero-order chi connectivity index (χ0) is 14.8. The first kappa shape index (κ1) is 13.2. The summed E-state index contributed by atoms with van der Waals surface area (Å²) in [6.07, 6.45) is 4.12. The second-order valence-corrected chi connectivity index (χ2v) is 8.09. The number of hydrogen-bond donors (Lipinski definition) is 0. The molecule has 4 nitrogen and oxygen atoms in total. The number of benzene rings is 1. The number of fused-ring (bicyclic) bond motifs is 2. The van der Waals surface area contributed by atoms with Gasteiger partial charge in [0.15, 0.2) is 0 Å². The highest BCUT2D eigenvalue weighted by molar-refractivity contribution is 7.89. The SMILES string of the molecule is Cc1ccc(S(=O)(=O)N2CC3=C(C2)C2OC2(C)C=C3)cc1. The zero-order valence-corrected chi connectivity index (χ0v) is 12.9. The van der Waals surface area contributed by atoms with Crippen molar-refractivity contribution in [1.82, 2.24) is 4.31 Å². The fraction of sp³-hybridized carbons (Fsp3) is 0.375. The van der Waals surface area contributed by atoms with Gasteiger partial charge in [0.2, 0.25) is 10.0 Å². The highest BCUT2D eigenvalue weighted by Gasteiger charge is 2.56. The maximum atomic E-state index is 12.7. The average Bonchev–Trinajstić information content (AvgIpc) is 2.95. The van der Waals surface area contributed by atoms with E-state index >= 15 is 0 Å². The van der Waals surface area contributed by atoms with E-state index in [1.807, 2.05) is 38.1 Å². The fourth-order valence-electron chi connectivity index (χ4n) is 3.11. The van der Waals surface area contributed by atoms with Gasteiger partial charge >= 0.3 is 0 Å². The highest BCUT2D eigenvalue weighted by atomic mass is 32.2. The smallest absolute Gasteiger partial charge is 0.243 e. The van der Waals surface area contributed by atoms with Crippen molar-refractivity contribution in [2.24, 2.45) is 0 Å². The molecule has 2 heterocycles. The molecule has 1 saturated heterocycles. The van der Waals surface area contributed by atoms with Gasteiger partial charge < -0.3 is 4.74 Å². The van der Waals surface area contributed by atoms with Gasteiger partial charge in [-0.05, 0) is 43.2 Å². The van der Waals surface area contributed by atoms with Crippen molar-refractivity contribution in [3.05, 3.63) is 53.1 Å². The van der Waals surface area contributed by atoms with Gasteiger partial charge in [-0.25, -0.2) is 8.42 Å². The lowest BCUT2D eigenvalue weighted by Crippen LogP contribution is -2.30. The molecule has 21 heavy (non-hydrogen) atoms. The molecule has 110 valence electrons. The molecule has 1 aliphatic carbocycles. The number of ether oxygens (including phenoxy) is 1. The van der Waals surface area contributed by atoms with E-state index in [4.69, 9.17) is 4.74 Å². The van der Waals surface area contributed by atoms with Crippen LogP contribution in [0.1, 0.15) is 12.5 Å². The van der Waals surface area contributed by atoms with E-state index in [2.05, 4.69) is 0 Å². The molecule has 2 atom stereocenters. The standard InChI is InChI=1S/C16H17NO3S/c1-11-3-5-13(6-4-11)21(18,19)17-9-12-7-8-16(2)15(20-16)14(12)10-17/h3-8,15H,9-10H2,1-2H3. The first-order chi connectivity index (χ1) is 9.90. The first-order valence-corrected chi connectivity index (χ1v) is 8.50. The van der Waals surface area contributed by atoms with Crippen LogP contribution in [0.15, 0.2) is 52.5 Å². The maximum absolute atomic E-state index is 12.7. The summed E-state index contributed by atoms with van der Waals surface area (Å²) in [5.74, 6) is 0. The van der Waals surface area contributed by atoms with Crippen molar-refractivity contribution < 1.29 is 13.2 Å². The van der Waals surface area contributed by atoms with E-state index in [0.29, 0.717) is 18.0 Å². The van der Waals surface area contributed by atoms with Crippen molar-refractivity contribution in [3.63, 3.8) is 0 Å². The summed E-state index contributed by atoms with van der Waals surface area (Å²) in [6.45, 7) is 4.87. The second kappa shape index (κ2) is 4.06. The monoisotopic (exact) mass is 303 g/mol. The molecule has 0 amide bonds. The Hall–Kier alpha value is -1.43. The van der Waals surface area contributed by atoms with Gasteiger partial charge in [-0.1, -0.05) is 23.8 Å². The average molecular weight is 303 g/mol. The van der Waals surface area contributed by atoms with Crippen molar-refractivity contribution in [1.29, 1.82) is 0 Å². The Kier molecular flexibility index (Phi) is 2.56. The van der Waals surface area contributed by atoms with E-state index in [9.17, 15) is 8.42 Å². The van der Waals surface area contributed by atoms with E-state index in [0.717, 1.165) is 16.7 Å². The molecular formula is C16H17NO3S. The quantitative estimate of drug-likeness (QED) is 0.786. The largest absolute Gasteiger partial charge is 0.357 e. The second-order valence-electron chi connectivity index (χ2n) is 6.15. The fourth-order valence-corrected chi connectivity index (χ4v) is 4.51. The number of nitrogens with zero attached hydrogens (tertiary/aromatic N) is 1. The predicted molar refractivity (Wildman–Crippen MR) is 79.4 cm³/mol. The third kappa shape index (κ3) is 1.92. The third-order valence-corrected chi connectivity index (χ3v) is 6.34. The van der Waals surface area contributed by atoms with Crippen LogP contribution in [-0.4, -0.2) is 37.5 Å². The molecule has 1 aromatic carbocycles. The normalized spacial score (nSPS) is 31.2. The Labute approximate surface area is 124 Å². The molecule has 0 spiro atoms. The summed E-state index contributed by atoms with van der Waals surface area (Å²) < 4.78 is 32.7. The Balaban J connectivity index is 1.62. The molecule has 0 radical (unpaired) electrons. The molecule has 1 aromatic rings. The van der Waals surface area contributed by atoms with Gasteiger partial charge in [-0.2, -0.15) is 4.31 Å². The first-order valence-electron chi connectivity index (χ1n) is 7.06. The van der Waals surface area contributed by atoms with E-state index < -0.39 is 10.0 Å². The summed E-state index contributed by atoms with van der Waals surface area (Å²) in [5, 5.41) is 0. The van der Waals surface area contributed by atoms with Gasteiger partial charge in [0.1, 0.15) is 11.7 Å². The Morgan fingerprint density at radius 3 is 2.67 bits per heavy atom.